The normalized spacial score (nSPS) is 16.8. The van der Waals surface area contributed by atoms with Crippen LogP contribution in [0.1, 0.15) is 58.3 Å². The summed E-state index contributed by atoms with van der Waals surface area (Å²) in [6.45, 7) is 4.25. The summed E-state index contributed by atoms with van der Waals surface area (Å²) in [5.74, 6) is 0.167. The number of hydrogen-bond acceptors (Lipinski definition) is 4. The Morgan fingerprint density at radius 2 is 1.52 bits per heavy atom. The number of benzene rings is 2. The van der Waals surface area contributed by atoms with Gasteiger partial charge in [-0.1, -0.05) is 62.4 Å². The van der Waals surface area contributed by atoms with E-state index in [1.807, 2.05) is 42.5 Å². The second-order valence-corrected chi connectivity index (χ2v) is 8.51. The van der Waals surface area contributed by atoms with Crippen LogP contribution in [-0.2, 0) is 14.1 Å². The van der Waals surface area contributed by atoms with E-state index in [2.05, 4.69) is 19.2 Å². The van der Waals surface area contributed by atoms with Gasteiger partial charge in [0.25, 0.3) is 5.56 Å². The molecule has 6 nitrogen and oxygen atoms in total. The van der Waals surface area contributed by atoms with Crippen LogP contribution >= 0.6 is 0 Å². The first kappa shape index (κ1) is 19.3. The van der Waals surface area contributed by atoms with Gasteiger partial charge in [0.1, 0.15) is 5.82 Å². The van der Waals surface area contributed by atoms with E-state index in [1.165, 1.54) is 17.2 Å². The van der Waals surface area contributed by atoms with E-state index < -0.39 is 11.6 Å². The maximum Gasteiger partial charge on any atom is 0.332 e. The van der Waals surface area contributed by atoms with Crippen LogP contribution < -0.4 is 16.6 Å². The lowest BCUT2D eigenvalue weighted by Crippen LogP contribution is -2.42. The van der Waals surface area contributed by atoms with Gasteiger partial charge < -0.3 is 5.32 Å². The van der Waals surface area contributed by atoms with Crippen molar-refractivity contribution in [3.63, 3.8) is 0 Å². The number of Topliss-reactive ketones (excluding diaryl/α,β-unsaturated/α-hetero) is 1. The van der Waals surface area contributed by atoms with E-state index >= 15 is 0 Å². The fraction of sp³-hybridized carbons (Fsp3) is 0.240. The number of hydrogen-bond donors (Lipinski definition) is 1. The third-order valence-electron chi connectivity index (χ3n) is 6.41. The third kappa shape index (κ3) is 2.61. The van der Waals surface area contributed by atoms with Crippen molar-refractivity contribution in [2.24, 2.45) is 14.1 Å². The first-order chi connectivity index (χ1) is 14.8. The highest BCUT2D eigenvalue weighted by Crippen LogP contribution is 2.47. The quantitative estimate of drug-likeness (QED) is 0.699. The molecular weight excluding hydrogens is 390 g/mol. The number of anilines is 1. The number of rotatable bonds is 2. The lowest BCUT2D eigenvalue weighted by atomic mass is 9.81. The van der Waals surface area contributed by atoms with E-state index in [0.29, 0.717) is 34.1 Å². The highest BCUT2D eigenvalue weighted by atomic mass is 16.2. The first-order valence-electron chi connectivity index (χ1n) is 10.4. The molecule has 0 spiro atoms. The molecule has 0 radical (unpaired) electrons. The van der Waals surface area contributed by atoms with Crippen LogP contribution in [0, 0.1) is 0 Å². The van der Waals surface area contributed by atoms with E-state index in [1.54, 1.807) is 13.1 Å². The molecule has 3 aromatic rings. The summed E-state index contributed by atoms with van der Waals surface area (Å²) in [5, 5.41) is 3.26. The molecule has 2 heterocycles. The molecule has 2 aliphatic rings. The average Bonchev–Trinajstić information content (AvgIpc) is 3.07. The molecule has 6 heteroatoms. The molecule has 156 valence electrons. The molecular formula is C25H23N3O3. The maximum absolute atomic E-state index is 13.5. The van der Waals surface area contributed by atoms with Crippen molar-refractivity contribution >= 4 is 17.3 Å². The Kier molecular flexibility index (Phi) is 4.15. The zero-order valence-corrected chi connectivity index (χ0v) is 17.9. The van der Waals surface area contributed by atoms with Crippen LogP contribution in [-0.4, -0.2) is 14.9 Å². The van der Waals surface area contributed by atoms with Gasteiger partial charge in [-0.15, -0.1) is 0 Å². The molecule has 0 unspecified atom stereocenters. The van der Waals surface area contributed by atoms with Crippen LogP contribution in [0.2, 0.25) is 0 Å². The molecule has 2 aromatic carbocycles. The molecule has 1 atom stereocenters. The van der Waals surface area contributed by atoms with Crippen LogP contribution in [0.25, 0.3) is 5.70 Å². The monoisotopic (exact) mass is 413 g/mol. The Morgan fingerprint density at radius 3 is 2.16 bits per heavy atom. The number of aromatic nitrogens is 2. The van der Waals surface area contributed by atoms with Crippen molar-refractivity contribution in [2.45, 2.75) is 25.7 Å². The zero-order valence-electron chi connectivity index (χ0n) is 17.9. The molecule has 0 amide bonds. The number of allylic oxidation sites excluding steroid dienone is 1. The van der Waals surface area contributed by atoms with Crippen molar-refractivity contribution < 1.29 is 4.79 Å². The summed E-state index contributed by atoms with van der Waals surface area (Å²) in [5.41, 5.74) is 4.30. The van der Waals surface area contributed by atoms with E-state index in [4.69, 9.17) is 0 Å². The molecule has 5 rings (SSSR count). The Balaban J connectivity index is 1.84. The smallest absolute Gasteiger partial charge is 0.332 e. The summed E-state index contributed by atoms with van der Waals surface area (Å²) in [6, 6.07) is 15.5. The van der Waals surface area contributed by atoms with Crippen molar-refractivity contribution in [1.82, 2.24) is 9.13 Å². The molecule has 0 bridgehead atoms. The third-order valence-corrected chi connectivity index (χ3v) is 6.41. The van der Waals surface area contributed by atoms with Crippen molar-refractivity contribution in [2.75, 3.05) is 5.32 Å². The van der Waals surface area contributed by atoms with Gasteiger partial charge in [0.05, 0.1) is 11.3 Å². The second-order valence-electron chi connectivity index (χ2n) is 8.51. The van der Waals surface area contributed by atoms with Gasteiger partial charge in [0.2, 0.25) is 0 Å². The second kappa shape index (κ2) is 6.67. The highest BCUT2D eigenvalue weighted by molar-refractivity contribution is 6.23. The number of carbonyl (C=O) groups is 1. The Hall–Kier alpha value is -3.67. The van der Waals surface area contributed by atoms with Crippen LogP contribution in [0.15, 0.2) is 63.7 Å². The number of ketones is 1. The summed E-state index contributed by atoms with van der Waals surface area (Å²) in [6.07, 6.45) is 0. The van der Waals surface area contributed by atoms with Gasteiger partial charge in [-0.2, -0.15) is 0 Å². The minimum absolute atomic E-state index is 0.0856. The Morgan fingerprint density at radius 1 is 0.871 bits per heavy atom. The van der Waals surface area contributed by atoms with Gasteiger partial charge in [0.15, 0.2) is 5.78 Å². The van der Waals surface area contributed by atoms with Crippen LogP contribution in [0.4, 0.5) is 5.82 Å². The minimum Gasteiger partial charge on any atom is -0.340 e. The topological polar surface area (TPSA) is 73.1 Å². The predicted octanol–water partition coefficient (Wildman–Crippen LogP) is 3.37. The highest BCUT2D eigenvalue weighted by Gasteiger charge is 2.42. The Bertz CT molecular complexity index is 1410. The molecule has 1 aliphatic carbocycles. The first-order valence-corrected chi connectivity index (χ1v) is 10.4. The summed E-state index contributed by atoms with van der Waals surface area (Å²) < 4.78 is 2.55. The lowest BCUT2D eigenvalue weighted by molar-refractivity contribution is 0.103. The van der Waals surface area contributed by atoms with E-state index in [9.17, 15) is 14.4 Å². The predicted molar refractivity (Wildman–Crippen MR) is 121 cm³/mol. The van der Waals surface area contributed by atoms with Crippen molar-refractivity contribution in [3.8, 4) is 0 Å². The van der Waals surface area contributed by atoms with Crippen LogP contribution in [0.3, 0.4) is 0 Å². The largest absolute Gasteiger partial charge is 0.340 e. The van der Waals surface area contributed by atoms with Gasteiger partial charge in [0, 0.05) is 36.7 Å². The van der Waals surface area contributed by atoms with E-state index in [-0.39, 0.29) is 11.3 Å². The number of nitrogens with zero attached hydrogens (tertiary/aromatic N) is 2. The minimum atomic E-state index is -0.558. The molecule has 31 heavy (non-hydrogen) atoms. The van der Waals surface area contributed by atoms with Crippen molar-refractivity contribution in [1.29, 1.82) is 0 Å². The Labute approximate surface area is 179 Å². The molecule has 0 saturated heterocycles. The van der Waals surface area contributed by atoms with E-state index in [0.717, 1.165) is 15.7 Å². The lowest BCUT2D eigenvalue weighted by Gasteiger charge is -2.29. The van der Waals surface area contributed by atoms with Crippen LogP contribution in [0.5, 0.6) is 0 Å². The zero-order chi connectivity index (χ0) is 22.0. The number of fused-ring (bicyclic) bond motifs is 3. The number of carbonyl (C=O) groups excluding carboxylic acids is 1. The fourth-order valence-electron chi connectivity index (χ4n) is 4.66. The standard InChI is InChI=1S/C25H23N3O3/c1-13(2)14-9-11-15(12-10-14)18-19-21(16-7-5-6-8-17(16)22(19)29)26-23-20(18)24(30)28(4)25(31)27(23)3/h5-13,18,26H,1-4H3/t18-/m0/s1. The molecule has 1 aromatic heterocycles. The summed E-state index contributed by atoms with van der Waals surface area (Å²) in [4.78, 5) is 39.4. The maximum atomic E-state index is 13.5. The molecule has 1 aliphatic heterocycles. The van der Waals surface area contributed by atoms with Gasteiger partial charge in [-0.25, -0.2) is 4.79 Å². The summed E-state index contributed by atoms with van der Waals surface area (Å²) >= 11 is 0. The average molecular weight is 413 g/mol. The molecule has 0 fully saturated rings. The van der Waals surface area contributed by atoms with Gasteiger partial charge in [-0.05, 0) is 17.0 Å². The van der Waals surface area contributed by atoms with Crippen molar-refractivity contribution in [3.05, 3.63) is 103 Å². The fourth-order valence-corrected chi connectivity index (χ4v) is 4.66. The van der Waals surface area contributed by atoms with Gasteiger partial charge >= 0.3 is 5.69 Å². The molecule has 1 N–H and O–H groups in total. The number of nitrogens with one attached hydrogen (secondary N) is 1. The SMILES string of the molecule is CC(C)c1ccc([C@H]2C3=C(Nc4c2c(=O)n(C)c(=O)n4C)c2ccccc2C3=O)cc1. The molecule has 0 saturated carbocycles. The van der Waals surface area contributed by atoms with Gasteiger partial charge in [-0.3, -0.25) is 18.7 Å². The summed E-state index contributed by atoms with van der Waals surface area (Å²) in [7, 11) is 3.11.